The third kappa shape index (κ3) is 4.81. The molecule has 0 bridgehead atoms. The van der Waals surface area contributed by atoms with Crippen LogP contribution in [-0.2, 0) is 0 Å². The Bertz CT molecular complexity index is 1110. The van der Waals surface area contributed by atoms with Gasteiger partial charge in [0.1, 0.15) is 11.5 Å². The molecule has 1 aliphatic rings. The standard InChI is InChI=1S/C24H30N4O3S/c1-16-13-17(2)22-21(14-16)32-24(26-22)28-11-9-27(10-12-28)8-7-25-23(29)19-6-5-18(30-3)15-20(19)31-4/h5-6,13-15H,7-12H2,1-4H3,(H,25,29). The number of hydrogen-bond acceptors (Lipinski definition) is 7. The minimum Gasteiger partial charge on any atom is -0.497 e. The third-order valence-corrected chi connectivity index (χ3v) is 6.89. The fourth-order valence-corrected chi connectivity index (χ4v) is 5.26. The van der Waals surface area contributed by atoms with E-state index >= 15 is 0 Å². The number of benzene rings is 2. The van der Waals surface area contributed by atoms with Gasteiger partial charge in [-0.25, -0.2) is 4.98 Å². The molecule has 1 aliphatic heterocycles. The molecule has 2 aromatic carbocycles. The van der Waals surface area contributed by atoms with E-state index in [1.54, 1.807) is 43.8 Å². The van der Waals surface area contributed by atoms with Crippen LogP contribution in [0.2, 0.25) is 0 Å². The van der Waals surface area contributed by atoms with Gasteiger partial charge in [0.25, 0.3) is 5.91 Å². The molecule has 1 fully saturated rings. The Labute approximate surface area is 192 Å². The summed E-state index contributed by atoms with van der Waals surface area (Å²) >= 11 is 1.78. The van der Waals surface area contributed by atoms with Crippen molar-refractivity contribution in [1.29, 1.82) is 0 Å². The normalized spacial score (nSPS) is 14.6. The molecule has 0 radical (unpaired) electrons. The number of aromatic nitrogens is 1. The topological polar surface area (TPSA) is 66.9 Å². The fourth-order valence-electron chi connectivity index (χ4n) is 4.07. The summed E-state index contributed by atoms with van der Waals surface area (Å²) in [6.45, 7) is 9.46. The molecule has 4 rings (SSSR count). The Hall–Kier alpha value is -2.84. The van der Waals surface area contributed by atoms with E-state index < -0.39 is 0 Å². The lowest BCUT2D eigenvalue weighted by molar-refractivity contribution is 0.0944. The minimum atomic E-state index is -0.136. The first kappa shape index (κ1) is 22.4. The fraction of sp³-hybridized carbons (Fsp3) is 0.417. The van der Waals surface area contributed by atoms with Crippen molar-refractivity contribution in [3.05, 3.63) is 47.0 Å². The molecule has 170 valence electrons. The number of anilines is 1. The molecule has 2 heterocycles. The molecule has 0 atom stereocenters. The van der Waals surface area contributed by atoms with Crippen LogP contribution in [-0.4, -0.2) is 69.3 Å². The van der Waals surface area contributed by atoms with Crippen LogP contribution < -0.4 is 19.7 Å². The maximum absolute atomic E-state index is 12.6. The predicted molar refractivity (Wildman–Crippen MR) is 130 cm³/mol. The molecular weight excluding hydrogens is 424 g/mol. The number of nitrogens with one attached hydrogen (secondary N) is 1. The van der Waals surface area contributed by atoms with Gasteiger partial charge in [-0.1, -0.05) is 17.4 Å². The van der Waals surface area contributed by atoms with Crippen LogP contribution in [0.5, 0.6) is 11.5 Å². The van der Waals surface area contributed by atoms with Crippen molar-refractivity contribution in [2.24, 2.45) is 0 Å². The lowest BCUT2D eigenvalue weighted by Crippen LogP contribution is -2.48. The number of methoxy groups -OCH3 is 2. The highest BCUT2D eigenvalue weighted by Crippen LogP contribution is 2.32. The van der Waals surface area contributed by atoms with Crippen molar-refractivity contribution in [2.75, 3.05) is 58.4 Å². The second kappa shape index (κ2) is 9.75. The molecular formula is C24H30N4O3S. The van der Waals surface area contributed by atoms with E-state index in [2.05, 4.69) is 41.1 Å². The van der Waals surface area contributed by atoms with Crippen LogP contribution >= 0.6 is 11.3 Å². The zero-order valence-electron chi connectivity index (χ0n) is 19.1. The number of aryl methyl sites for hydroxylation is 2. The summed E-state index contributed by atoms with van der Waals surface area (Å²) in [6, 6.07) is 9.63. The summed E-state index contributed by atoms with van der Waals surface area (Å²) in [7, 11) is 3.14. The average molecular weight is 455 g/mol. The van der Waals surface area contributed by atoms with Crippen molar-refractivity contribution in [3.63, 3.8) is 0 Å². The first-order valence-corrected chi connectivity index (χ1v) is 11.7. The highest BCUT2D eigenvalue weighted by Gasteiger charge is 2.21. The molecule has 1 aromatic heterocycles. The maximum atomic E-state index is 12.6. The Morgan fingerprint density at radius 2 is 1.88 bits per heavy atom. The summed E-state index contributed by atoms with van der Waals surface area (Å²) in [5.74, 6) is 1.04. The molecule has 0 aliphatic carbocycles. The molecule has 32 heavy (non-hydrogen) atoms. The SMILES string of the molecule is COc1ccc(C(=O)NCCN2CCN(c3nc4c(C)cc(C)cc4s3)CC2)c(OC)c1. The summed E-state index contributed by atoms with van der Waals surface area (Å²) in [4.78, 5) is 22.2. The third-order valence-electron chi connectivity index (χ3n) is 5.83. The van der Waals surface area contributed by atoms with Crippen LogP contribution in [0.1, 0.15) is 21.5 Å². The summed E-state index contributed by atoms with van der Waals surface area (Å²) in [5.41, 5.74) is 4.16. The number of hydrogen-bond donors (Lipinski definition) is 1. The van der Waals surface area contributed by atoms with Gasteiger partial charge in [-0.05, 0) is 43.2 Å². The number of fused-ring (bicyclic) bond motifs is 1. The Balaban J connectivity index is 1.28. The highest BCUT2D eigenvalue weighted by atomic mass is 32.1. The zero-order chi connectivity index (χ0) is 22.7. The monoisotopic (exact) mass is 454 g/mol. The van der Waals surface area contributed by atoms with Gasteiger partial charge in [0.2, 0.25) is 0 Å². The van der Waals surface area contributed by atoms with Gasteiger partial charge in [-0.2, -0.15) is 0 Å². The lowest BCUT2D eigenvalue weighted by Gasteiger charge is -2.34. The summed E-state index contributed by atoms with van der Waals surface area (Å²) in [5, 5.41) is 4.11. The molecule has 1 amide bonds. The second-order valence-corrected chi connectivity index (χ2v) is 9.08. The van der Waals surface area contributed by atoms with Crippen molar-refractivity contribution in [3.8, 4) is 11.5 Å². The molecule has 0 spiro atoms. The number of amides is 1. The predicted octanol–water partition coefficient (Wildman–Crippen LogP) is 3.48. The van der Waals surface area contributed by atoms with E-state index in [0.29, 0.717) is 23.6 Å². The lowest BCUT2D eigenvalue weighted by atomic mass is 10.1. The Morgan fingerprint density at radius 1 is 1.09 bits per heavy atom. The molecule has 8 heteroatoms. The second-order valence-electron chi connectivity index (χ2n) is 8.08. The molecule has 1 N–H and O–H groups in total. The van der Waals surface area contributed by atoms with Gasteiger partial charge in [-0.15, -0.1) is 0 Å². The quantitative estimate of drug-likeness (QED) is 0.590. The van der Waals surface area contributed by atoms with Crippen molar-refractivity contribution < 1.29 is 14.3 Å². The van der Waals surface area contributed by atoms with Crippen molar-refractivity contribution in [2.45, 2.75) is 13.8 Å². The van der Waals surface area contributed by atoms with Crippen molar-refractivity contribution >= 4 is 32.6 Å². The van der Waals surface area contributed by atoms with Gasteiger partial charge >= 0.3 is 0 Å². The summed E-state index contributed by atoms with van der Waals surface area (Å²) in [6.07, 6.45) is 0. The van der Waals surface area contributed by atoms with Gasteiger partial charge in [0.15, 0.2) is 5.13 Å². The number of rotatable bonds is 7. The minimum absolute atomic E-state index is 0.136. The molecule has 0 saturated carbocycles. The van der Waals surface area contributed by atoms with Crippen LogP contribution in [0, 0.1) is 13.8 Å². The average Bonchev–Trinajstić information content (AvgIpc) is 3.23. The Morgan fingerprint density at radius 3 is 2.59 bits per heavy atom. The largest absolute Gasteiger partial charge is 0.497 e. The van der Waals surface area contributed by atoms with Crippen molar-refractivity contribution in [1.82, 2.24) is 15.2 Å². The van der Waals surface area contributed by atoms with Gasteiger partial charge < -0.3 is 19.7 Å². The number of carbonyl (C=O) groups excluding carboxylic acids is 1. The Kier molecular flexibility index (Phi) is 6.81. The number of ether oxygens (including phenoxy) is 2. The zero-order valence-corrected chi connectivity index (χ0v) is 19.9. The van der Waals surface area contributed by atoms with E-state index in [1.165, 1.54) is 15.8 Å². The van der Waals surface area contributed by atoms with Crippen LogP contribution in [0.3, 0.4) is 0 Å². The van der Waals surface area contributed by atoms with Crippen LogP contribution in [0.4, 0.5) is 5.13 Å². The molecule has 1 saturated heterocycles. The molecule has 7 nitrogen and oxygen atoms in total. The van der Waals surface area contributed by atoms with Crippen LogP contribution in [0.15, 0.2) is 30.3 Å². The molecule has 0 unspecified atom stereocenters. The molecule has 3 aromatic rings. The van der Waals surface area contributed by atoms with Gasteiger partial charge in [0.05, 0.1) is 30.0 Å². The van der Waals surface area contributed by atoms with E-state index in [0.717, 1.165) is 43.4 Å². The number of piperazine rings is 1. The van der Waals surface area contributed by atoms with Crippen LogP contribution in [0.25, 0.3) is 10.2 Å². The maximum Gasteiger partial charge on any atom is 0.255 e. The van der Waals surface area contributed by atoms with E-state index in [9.17, 15) is 4.79 Å². The first-order chi connectivity index (χ1) is 15.5. The van der Waals surface area contributed by atoms with E-state index in [1.807, 2.05) is 0 Å². The summed E-state index contributed by atoms with van der Waals surface area (Å²) < 4.78 is 11.8. The first-order valence-electron chi connectivity index (χ1n) is 10.8. The number of carbonyl (C=O) groups is 1. The smallest absolute Gasteiger partial charge is 0.255 e. The van der Waals surface area contributed by atoms with Gasteiger partial charge in [-0.3, -0.25) is 9.69 Å². The number of nitrogens with zero attached hydrogens (tertiary/aromatic N) is 3. The highest BCUT2D eigenvalue weighted by molar-refractivity contribution is 7.22. The van der Waals surface area contributed by atoms with E-state index in [-0.39, 0.29) is 5.91 Å². The van der Waals surface area contributed by atoms with Gasteiger partial charge in [0, 0.05) is 45.3 Å². The van der Waals surface area contributed by atoms with E-state index in [4.69, 9.17) is 14.5 Å². The number of thiazole rings is 1.